The molecule has 0 unspecified atom stereocenters. The van der Waals surface area contributed by atoms with Crippen LogP contribution >= 0.6 is 0 Å². The Bertz CT molecular complexity index is 390. The highest BCUT2D eigenvalue weighted by molar-refractivity contribution is 5.84. The number of guanidine groups is 1. The number of nitrogens with zero attached hydrogens (tertiary/aromatic N) is 2. The molecule has 22 heavy (non-hydrogen) atoms. The van der Waals surface area contributed by atoms with Crippen molar-refractivity contribution in [2.75, 3.05) is 46.9 Å². The summed E-state index contributed by atoms with van der Waals surface area (Å²) in [5.41, 5.74) is 0.331. The first-order chi connectivity index (χ1) is 10.5. The van der Waals surface area contributed by atoms with Crippen LogP contribution in [0, 0.1) is 5.41 Å². The van der Waals surface area contributed by atoms with Crippen molar-refractivity contribution < 1.29 is 9.53 Å². The second-order valence-corrected chi connectivity index (χ2v) is 5.92. The number of carbonyl (C=O) groups is 1. The van der Waals surface area contributed by atoms with E-state index in [9.17, 15) is 4.79 Å². The summed E-state index contributed by atoms with van der Waals surface area (Å²) in [6, 6.07) is 0. The molecule has 6 nitrogen and oxygen atoms in total. The Morgan fingerprint density at radius 3 is 2.68 bits per heavy atom. The van der Waals surface area contributed by atoms with Gasteiger partial charge in [0.2, 0.25) is 5.91 Å². The quantitative estimate of drug-likeness (QED) is 0.273. The van der Waals surface area contributed by atoms with E-state index < -0.39 is 0 Å². The molecule has 0 spiro atoms. The number of hydrogen-bond donors (Lipinski definition) is 2. The molecule has 0 saturated heterocycles. The van der Waals surface area contributed by atoms with E-state index in [1.54, 1.807) is 25.1 Å². The van der Waals surface area contributed by atoms with E-state index in [0.29, 0.717) is 17.9 Å². The molecule has 0 radical (unpaired) electrons. The van der Waals surface area contributed by atoms with Gasteiger partial charge in [0.25, 0.3) is 0 Å². The first-order valence-electron chi connectivity index (χ1n) is 7.94. The molecule has 1 aliphatic rings. The second kappa shape index (κ2) is 9.46. The van der Waals surface area contributed by atoms with Crippen LogP contribution in [0.3, 0.4) is 0 Å². The van der Waals surface area contributed by atoms with Crippen molar-refractivity contribution in [3.05, 3.63) is 12.7 Å². The molecule has 126 valence electrons. The van der Waals surface area contributed by atoms with Gasteiger partial charge in [-0.15, -0.1) is 6.58 Å². The number of carbonyl (C=O) groups excluding carboxylic acids is 1. The van der Waals surface area contributed by atoms with Gasteiger partial charge in [-0.1, -0.05) is 6.08 Å². The molecule has 1 saturated carbocycles. The highest BCUT2D eigenvalue weighted by Crippen LogP contribution is 2.48. The Hall–Kier alpha value is -1.56. The van der Waals surface area contributed by atoms with Crippen LogP contribution in [0.5, 0.6) is 0 Å². The number of rotatable bonds is 10. The lowest BCUT2D eigenvalue weighted by Crippen LogP contribution is -2.41. The van der Waals surface area contributed by atoms with E-state index in [4.69, 9.17) is 4.74 Å². The van der Waals surface area contributed by atoms with Gasteiger partial charge >= 0.3 is 0 Å². The lowest BCUT2D eigenvalue weighted by Gasteiger charge is -2.18. The number of aliphatic imine (C=N–C) groups is 1. The van der Waals surface area contributed by atoms with Crippen LogP contribution in [0.25, 0.3) is 0 Å². The number of amides is 1. The molecule has 1 fully saturated rings. The van der Waals surface area contributed by atoms with E-state index in [1.807, 2.05) is 6.92 Å². The molecule has 0 aromatic heterocycles. The maximum Gasteiger partial charge on any atom is 0.243 e. The smallest absolute Gasteiger partial charge is 0.243 e. The fraction of sp³-hybridized carbons (Fsp3) is 0.750. The number of nitrogens with one attached hydrogen (secondary N) is 2. The summed E-state index contributed by atoms with van der Waals surface area (Å²) >= 11 is 0. The van der Waals surface area contributed by atoms with Gasteiger partial charge in [0.1, 0.15) is 6.54 Å². The molecule has 0 atom stereocenters. The monoisotopic (exact) mass is 310 g/mol. The van der Waals surface area contributed by atoms with Crippen molar-refractivity contribution >= 4 is 11.9 Å². The Morgan fingerprint density at radius 1 is 1.41 bits per heavy atom. The third kappa shape index (κ3) is 6.93. The van der Waals surface area contributed by atoms with Gasteiger partial charge < -0.3 is 20.3 Å². The van der Waals surface area contributed by atoms with Crippen molar-refractivity contribution in [2.45, 2.75) is 26.2 Å². The lowest BCUT2D eigenvalue weighted by atomic mass is 10.0. The van der Waals surface area contributed by atoms with E-state index in [1.165, 1.54) is 12.8 Å². The zero-order valence-electron chi connectivity index (χ0n) is 14.2. The molecule has 0 bridgehead atoms. The zero-order valence-corrected chi connectivity index (χ0v) is 14.2. The summed E-state index contributed by atoms with van der Waals surface area (Å²) < 4.78 is 5.45. The van der Waals surface area contributed by atoms with Crippen LogP contribution in [0.4, 0.5) is 0 Å². The number of likely N-dealkylation sites (N-methyl/N-ethyl adjacent to an activating group) is 1. The molecule has 1 aliphatic carbocycles. The molecule has 2 N–H and O–H groups in total. The van der Waals surface area contributed by atoms with Gasteiger partial charge in [-0.05, 0) is 31.6 Å². The van der Waals surface area contributed by atoms with Gasteiger partial charge in [0, 0.05) is 40.4 Å². The maximum absolute atomic E-state index is 11.6. The van der Waals surface area contributed by atoms with Crippen molar-refractivity contribution in [1.82, 2.24) is 15.5 Å². The highest BCUT2D eigenvalue weighted by Gasteiger charge is 2.41. The maximum atomic E-state index is 11.6. The topological polar surface area (TPSA) is 66.0 Å². The first kappa shape index (κ1) is 18.5. The molecular weight excluding hydrogens is 280 g/mol. The minimum absolute atomic E-state index is 0.0165. The fourth-order valence-electron chi connectivity index (χ4n) is 2.03. The summed E-state index contributed by atoms with van der Waals surface area (Å²) in [6.45, 7) is 8.91. The molecule has 6 heteroatoms. The summed E-state index contributed by atoms with van der Waals surface area (Å²) in [6.07, 6.45) is 5.28. The molecule has 1 rings (SSSR count). The number of ether oxygens (including phenoxy) is 1. The molecule has 0 heterocycles. The predicted molar refractivity (Wildman–Crippen MR) is 90.0 cm³/mol. The number of hydrogen-bond acceptors (Lipinski definition) is 3. The molecule has 0 aromatic rings. The van der Waals surface area contributed by atoms with Gasteiger partial charge in [0.05, 0.1) is 0 Å². The van der Waals surface area contributed by atoms with Crippen LogP contribution in [-0.2, 0) is 9.53 Å². The van der Waals surface area contributed by atoms with Gasteiger partial charge in [-0.25, -0.2) is 4.99 Å². The van der Waals surface area contributed by atoms with Crippen LogP contribution < -0.4 is 10.6 Å². The summed E-state index contributed by atoms with van der Waals surface area (Å²) in [5, 5.41) is 6.49. The van der Waals surface area contributed by atoms with Crippen molar-refractivity contribution in [2.24, 2.45) is 10.4 Å². The Kier molecular flexibility index (Phi) is 7.95. The summed E-state index contributed by atoms with van der Waals surface area (Å²) in [5.74, 6) is 0.648. The Morgan fingerprint density at radius 2 is 2.14 bits per heavy atom. The van der Waals surface area contributed by atoms with E-state index in [2.05, 4.69) is 22.2 Å². The summed E-state index contributed by atoms with van der Waals surface area (Å²) in [7, 11) is 3.46. The third-order valence-corrected chi connectivity index (χ3v) is 3.85. The van der Waals surface area contributed by atoms with Crippen LogP contribution in [-0.4, -0.2) is 63.7 Å². The van der Waals surface area contributed by atoms with E-state index in [-0.39, 0.29) is 12.5 Å². The highest BCUT2D eigenvalue weighted by atomic mass is 16.5. The minimum atomic E-state index is -0.0165. The first-order valence-corrected chi connectivity index (χ1v) is 7.94. The Labute approximate surface area is 134 Å². The van der Waals surface area contributed by atoms with Gasteiger partial charge in [-0.2, -0.15) is 0 Å². The normalized spacial score (nSPS) is 16.0. The van der Waals surface area contributed by atoms with Gasteiger partial charge in [0.15, 0.2) is 5.96 Å². The lowest BCUT2D eigenvalue weighted by molar-refractivity contribution is -0.127. The average molecular weight is 310 g/mol. The predicted octanol–water partition coefficient (Wildman–Crippen LogP) is 1.00. The van der Waals surface area contributed by atoms with Crippen LogP contribution in [0.1, 0.15) is 26.2 Å². The Balaban J connectivity index is 2.45. The zero-order chi connectivity index (χ0) is 16.4. The van der Waals surface area contributed by atoms with E-state index in [0.717, 1.165) is 26.2 Å². The van der Waals surface area contributed by atoms with Crippen molar-refractivity contribution in [3.8, 4) is 0 Å². The average Bonchev–Trinajstić information content (AvgIpc) is 3.26. The van der Waals surface area contributed by atoms with Crippen LogP contribution in [0.2, 0.25) is 0 Å². The fourth-order valence-corrected chi connectivity index (χ4v) is 2.03. The standard InChI is InChI=1S/C16H30N4O2/c1-5-10-17-15(18-12-14(21)20(3)4)19-13-16(7-8-16)9-11-22-6-2/h5H,1,6-13H2,2-4H3,(H2,17,18,19). The van der Waals surface area contributed by atoms with E-state index >= 15 is 0 Å². The largest absolute Gasteiger partial charge is 0.382 e. The summed E-state index contributed by atoms with van der Waals surface area (Å²) in [4.78, 5) is 17.5. The SMILES string of the molecule is C=CCNC(=NCC(=O)N(C)C)NCC1(CCOCC)CC1. The van der Waals surface area contributed by atoms with Crippen molar-refractivity contribution in [1.29, 1.82) is 0 Å². The van der Waals surface area contributed by atoms with Gasteiger partial charge in [-0.3, -0.25) is 4.79 Å². The molecule has 0 aliphatic heterocycles. The molecular formula is C16H30N4O2. The second-order valence-electron chi connectivity index (χ2n) is 5.92. The third-order valence-electron chi connectivity index (χ3n) is 3.85. The van der Waals surface area contributed by atoms with Crippen LogP contribution in [0.15, 0.2) is 17.6 Å². The molecule has 1 amide bonds. The minimum Gasteiger partial charge on any atom is -0.382 e. The molecule has 0 aromatic carbocycles. The van der Waals surface area contributed by atoms with Crippen molar-refractivity contribution in [3.63, 3.8) is 0 Å².